The Morgan fingerprint density at radius 1 is 1.00 bits per heavy atom. The lowest BCUT2D eigenvalue weighted by molar-refractivity contribution is 0.0583. The van der Waals surface area contributed by atoms with Gasteiger partial charge in [0.25, 0.3) is 18.3 Å². The Kier molecular flexibility index (Phi) is 6.18. The molecule has 0 bridgehead atoms. The number of fused-ring (bicyclic) bond motifs is 1. The Hall–Kier alpha value is -4.07. The van der Waals surface area contributed by atoms with Gasteiger partial charge in [0.15, 0.2) is 11.5 Å². The molecule has 1 aromatic heterocycles. The Morgan fingerprint density at radius 2 is 1.79 bits per heavy atom. The van der Waals surface area contributed by atoms with Gasteiger partial charge in [-0.3, -0.25) is 4.79 Å². The molecule has 2 saturated heterocycles. The highest BCUT2D eigenvalue weighted by Crippen LogP contribution is 2.41. The summed E-state index contributed by atoms with van der Waals surface area (Å²) in [6, 6.07) is 21.1. The number of piperidine rings is 1. The second-order valence-corrected chi connectivity index (χ2v) is 9.96. The molecule has 0 saturated carbocycles. The van der Waals surface area contributed by atoms with E-state index in [2.05, 4.69) is 4.98 Å². The number of anilines is 1. The number of aromatic nitrogens is 1. The molecule has 0 aliphatic carbocycles. The van der Waals surface area contributed by atoms with Gasteiger partial charge in [0.1, 0.15) is 5.82 Å². The minimum Gasteiger partial charge on any atom is -0.423 e. The second kappa shape index (κ2) is 9.67. The van der Waals surface area contributed by atoms with Gasteiger partial charge in [-0.1, -0.05) is 60.2 Å². The number of hydrogen-bond donors (Lipinski definition) is 0. The summed E-state index contributed by atoms with van der Waals surface area (Å²) in [7, 11) is 0. The van der Waals surface area contributed by atoms with Crippen LogP contribution in [0.2, 0.25) is 0 Å². The maximum absolute atomic E-state index is 13.8. The van der Waals surface area contributed by atoms with E-state index in [0.717, 1.165) is 29.2 Å². The summed E-state index contributed by atoms with van der Waals surface area (Å²) in [5.41, 5.74) is 3.19. The van der Waals surface area contributed by atoms with Crippen LogP contribution < -0.4 is 4.90 Å². The molecule has 5 nitrogen and oxygen atoms in total. The van der Waals surface area contributed by atoms with Crippen molar-refractivity contribution in [2.24, 2.45) is 5.92 Å². The SMILES string of the molecule is Cc1ccc(-c2ccccc2)c(C(=O)N2CC[C@H]3CN(c4nc(C(F)F)c(-c5cccc(F)c5)o4)[C@H]3C2)c1. The lowest BCUT2D eigenvalue weighted by Crippen LogP contribution is -2.65. The molecule has 194 valence electrons. The fourth-order valence-corrected chi connectivity index (χ4v) is 5.50. The Balaban J connectivity index is 1.27. The van der Waals surface area contributed by atoms with Crippen LogP contribution in [0, 0.1) is 18.7 Å². The molecule has 0 spiro atoms. The maximum atomic E-state index is 13.8. The first kappa shape index (κ1) is 24.3. The largest absolute Gasteiger partial charge is 0.423 e. The van der Waals surface area contributed by atoms with Crippen molar-refractivity contribution in [2.75, 3.05) is 24.5 Å². The number of aryl methyl sites for hydroxylation is 1. The first-order chi connectivity index (χ1) is 18.4. The Bertz CT molecular complexity index is 1490. The van der Waals surface area contributed by atoms with Crippen LogP contribution in [-0.4, -0.2) is 41.5 Å². The normalized spacial score (nSPS) is 18.9. The third-order valence-corrected chi connectivity index (χ3v) is 7.51. The average Bonchev–Trinajstić information content (AvgIpc) is 3.35. The minimum absolute atomic E-state index is 0.0565. The van der Waals surface area contributed by atoms with Gasteiger partial charge < -0.3 is 14.2 Å². The molecule has 2 atom stereocenters. The standard InChI is InChI=1S/C30H26F3N3O2/c1-18-10-11-23(19-6-3-2-4-7-19)24(14-18)29(37)35-13-12-21-16-36(25(21)17-35)30-34-26(28(32)33)27(38-30)20-8-5-9-22(31)15-20/h2-11,14-15,21,25,28H,12-13,16-17H2,1H3/t21-,25-/m0/s1. The van der Waals surface area contributed by atoms with Crippen LogP contribution in [0.25, 0.3) is 22.5 Å². The van der Waals surface area contributed by atoms with Crippen molar-refractivity contribution in [3.8, 4) is 22.5 Å². The molecule has 2 aliphatic rings. The van der Waals surface area contributed by atoms with Gasteiger partial charge in [0.05, 0.1) is 6.04 Å². The van der Waals surface area contributed by atoms with Crippen molar-refractivity contribution in [3.05, 3.63) is 95.4 Å². The molecule has 3 aromatic carbocycles. The lowest BCUT2D eigenvalue weighted by atomic mass is 9.82. The minimum atomic E-state index is -2.87. The summed E-state index contributed by atoms with van der Waals surface area (Å²) in [6.45, 7) is 3.63. The first-order valence-electron chi connectivity index (χ1n) is 12.7. The van der Waals surface area contributed by atoms with E-state index < -0.39 is 17.9 Å². The van der Waals surface area contributed by atoms with Crippen LogP contribution in [0.15, 0.2) is 77.2 Å². The summed E-state index contributed by atoms with van der Waals surface area (Å²) < 4.78 is 47.2. The Labute approximate surface area is 218 Å². The van der Waals surface area contributed by atoms with E-state index in [1.165, 1.54) is 18.2 Å². The van der Waals surface area contributed by atoms with Gasteiger partial charge in [0.2, 0.25) is 0 Å². The molecule has 3 heterocycles. The zero-order valence-electron chi connectivity index (χ0n) is 20.8. The fraction of sp³-hybridized carbons (Fsp3) is 0.267. The monoisotopic (exact) mass is 517 g/mol. The highest BCUT2D eigenvalue weighted by atomic mass is 19.3. The third-order valence-electron chi connectivity index (χ3n) is 7.51. The van der Waals surface area contributed by atoms with E-state index in [-0.39, 0.29) is 29.3 Å². The first-order valence-corrected chi connectivity index (χ1v) is 12.7. The van der Waals surface area contributed by atoms with E-state index in [1.54, 1.807) is 0 Å². The summed E-state index contributed by atoms with van der Waals surface area (Å²) in [6.07, 6.45) is -2.07. The van der Waals surface area contributed by atoms with Gasteiger partial charge in [-0.2, -0.15) is 4.98 Å². The number of hydrogen-bond acceptors (Lipinski definition) is 4. The summed E-state index contributed by atoms with van der Waals surface area (Å²) in [5.74, 6) is -0.422. The topological polar surface area (TPSA) is 49.6 Å². The Morgan fingerprint density at radius 3 is 2.55 bits per heavy atom. The van der Waals surface area contributed by atoms with E-state index in [9.17, 15) is 18.0 Å². The number of rotatable bonds is 5. The molecule has 6 rings (SSSR count). The zero-order chi connectivity index (χ0) is 26.4. The number of oxazole rings is 1. The fourth-order valence-electron chi connectivity index (χ4n) is 5.50. The summed E-state index contributed by atoms with van der Waals surface area (Å²) >= 11 is 0. The number of carbonyl (C=O) groups excluding carboxylic acids is 1. The molecule has 4 aromatic rings. The number of benzene rings is 3. The van der Waals surface area contributed by atoms with Crippen LogP contribution in [0.5, 0.6) is 0 Å². The van der Waals surface area contributed by atoms with Crippen LogP contribution in [-0.2, 0) is 0 Å². The van der Waals surface area contributed by atoms with Gasteiger partial charge in [-0.05, 0) is 42.7 Å². The molecule has 0 N–H and O–H groups in total. The molecular formula is C30H26F3N3O2. The molecule has 2 aliphatic heterocycles. The number of carbonyl (C=O) groups is 1. The van der Waals surface area contributed by atoms with E-state index in [1.807, 2.05) is 65.3 Å². The highest BCUT2D eigenvalue weighted by molar-refractivity contribution is 6.01. The smallest absolute Gasteiger partial charge is 0.298 e. The van der Waals surface area contributed by atoms with Gasteiger partial charge in [-0.15, -0.1) is 0 Å². The van der Waals surface area contributed by atoms with Crippen LogP contribution >= 0.6 is 0 Å². The van der Waals surface area contributed by atoms with Gasteiger partial charge in [0, 0.05) is 36.7 Å². The molecule has 1 amide bonds. The van der Waals surface area contributed by atoms with Crippen molar-refractivity contribution < 1.29 is 22.4 Å². The number of likely N-dealkylation sites (tertiary alicyclic amines) is 1. The van der Waals surface area contributed by atoms with Gasteiger partial charge in [-0.25, -0.2) is 13.2 Å². The predicted octanol–water partition coefficient (Wildman–Crippen LogP) is 6.74. The quantitative estimate of drug-likeness (QED) is 0.294. The van der Waals surface area contributed by atoms with Gasteiger partial charge >= 0.3 is 0 Å². The van der Waals surface area contributed by atoms with E-state index in [0.29, 0.717) is 31.1 Å². The number of nitrogens with zero attached hydrogens (tertiary/aromatic N) is 3. The summed E-state index contributed by atoms with van der Waals surface area (Å²) in [5, 5.41) is 0. The molecule has 2 fully saturated rings. The molecule has 0 radical (unpaired) electrons. The lowest BCUT2D eigenvalue weighted by Gasteiger charge is -2.52. The average molecular weight is 518 g/mol. The van der Waals surface area contributed by atoms with E-state index in [4.69, 9.17) is 4.42 Å². The molecule has 8 heteroatoms. The number of amides is 1. The highest BCUT2D eigenvalue weighted by Gasteiger charge is 2.46. The molecular weight excluding hydrogens is 491 g/mol. The van der Waals surface area contributed by atoms with Crippen molar-refractivity contribution >= 4 is 11.9 Å². The zero-order valence-corrected chi connectivity index (χ0v) is 20.8. The predicted molar refractivity (Wildman–Crippen MR) is 139 cm³/mol. The van der Waals surface area contributed by atoms with Crippen LogP contribution in [0.4, 0.5) is 19.2 Å². The van der Waals surface area contributed by atoms with Crippen LogP contribution in [0.3, 0.4) is 0 Å². The second-order valence-electron chi connectivity index (χ2n) is 9.96. The number of halogens is 3. The molecule has 0 unspecified atom stereocenters. The maximum Gasteiger partial charge on any atom is 0.298 e. The van der Waals surface area contributed by atoms with Crippen LogP contribution in [0.1, 0.15) is 34.5 Å². The van der Waals surface area contributed by atoms with Crippen molar-refractivity contribution in [1.82, 2.24) is 9.88 Å². The van der Waals surface area contributed by atoms with Crippen molar-refractivity contribution in [1.29, 1.82) is 0 Å². The van der Waals surface area contributed by atoms with E-state index >= 15 is 0 Å². The third kappa shape index (κ3) is 4.34. The van der Waals surface area contributed by atoms with Crippen molar-refractivity contribution in [3.63, 3.8) is 0 Å². The molecule has 38 heavy (non-hydrogen) atoms. The van der Waals surface area contributed by atoms with Crippen molar-refractivity contribution in [2.45, 2.75) is 25.8 Å². The summed E-state index contributed by atoms with van der Waals surface area (Å²) in [4.78, 5) is 21.5. The number of alkyl halides is 2.